The molecule has 0 aliphatic heterocycles. The van der Waals surface area contributed by atoms with E-state index in [9.17, 15) is 27.6 Å². The predicted octanol–water partition coefficient (Wildman–Crippen LogP) is 4.51. The standard InChI is InChI=1S/C25H29ClF3N3O6/c1-36-14-12-32(11-4-2-3-5-22(33)38-24(35)25(27,28)29)23(34)18-15-19(26)17-21(16-18)37-13-10-31-20-6-8-30-9-7-20/h6-9,15-17H,2-5,10-14H2,1H3,(H,30,31). The van der Waals surface area contributed by atoms with E-state index in [0.717, 1.165) is 5.69 Å². The number of pyridine rings is 1. The van der Waals surface area contributed by atoms with Gasteiger partial charge in [-0.1, -0.05) is 18.0 Å². The number of rotatable bonds is 15. The molecule has 13 heteroatoms. The minimum Gasteiger partial charge on any atom is -0.492 e. The molecule has 2 aromatic rings. The number of carbonyl (C=O) groups excluding carboxylic acids is 3. The summed E-state index contributed by atoms with van der Waals surface area (Å²) in [5, 5.41) is 3.51. The first-order chi connectivity index (χ1) is 18.1. The van der Waals surface area contributed by atoms with E-state index in [0.29, 0.717) is 48.9 Å². The summed E-state index contributed by atoms with van der Waals surface area (Å²) in [6.07, 6.45) is -1.16. The van der Waals surface area contributed by atoms with Gasteiger partial charge in [-0.25, -0.2) is 4.79 Å². The van der Waals surface area contributed by atoms with E-state index in [-0.39, 0.29) is 31.9 Å². The Morgan fingerprint density at radius 3 is 2.45 bits per heavy atom. The van der Waals surface area contributed by atoms with Gasteiger partial charge in [0.2, 0.25) is 0 Å². The Balaban J connectivity index is 1.86. The van der Waals surface area contributed by atoms with E-state index in [1.54, 1.807) is 29.4 Å². The fourth-order valence-corrected chi connectivity index (χ4v) is 3.49. The van der Waals surface area contributed by atoms with Crippen LogP contribution >= 0.6 is 11.6 Å². The molecule has 0 aliphatic carbocycles. The van der Waals surface area contributed by atoms with Crippen molar-refractivity contribution in [1.29, 1.82) is 0 Å². The topological polar surface area (TPSA) is 107 Å². The number of nitrogens with zero attached hydrogens (tertiary/aromatic N) is 2. The van der Waals surface area contributed by atoms with E-state index in [2.05, 4.69) is 15.0 Å². The first kappa shape index (κ1) is 30.8. The molecule has 1 amide bonds. The molecular weight excluding hydrogens is 531 g/mol. The number of halogens is 4. The van der Waals surface area contributed by atoms with Gasteiger partial charge < -0.3 is 24.4 Å². The van der Waals surface area contributed by atoms with Crippen molar-refractivity contribution in [2.45, 2.75) is 31.9 Å². The quantitative estimate of drug-likeness (QED) is 0.193. The van der Waals surface area contributed by atoms with E-state index in [4.69, 9.17) is 21.1 Å². The molecule has 0 fully saturated rings. The lowest BCUT2D eigenvalue weighted by atomic mass is 10.1. The Kier molecular flexibility index (Phi) is 12.8. The molecule has 2 rings (SSSR count). The molecule has 0 aliphatic rings. The molecule has 0 spiro atoms. The Hall–Kier alpha value is -3.38. The van der Waals surface area contributed by atoms with Crippen LogP contribution < -0.4 is 10.1 Å². The number of methoxy groups -OCH3 is 1. The zero-order valence-electron chi connectivity index (χ0n) is 20.8. The van der Waals surface area contributed by atoms with Gasteiger partial charge in [-0.3, -0.25) is 14.6 Å². The van der Waals surface area contributed by atoms with Crippen molar-refractivity contribution >= 4 is 35.1 Å². The molecule has 0 saturated heterocycles. The molecule has 0 radical (unpaired) electrons. The number of unbranched alkanes of at least 4 members (excludes halogenated alkanes) is 2. The molecule has 0 bridgehead atoms. The molecule has 38 heavy (non-hydrogen) atoms. The van der Waals surface area contributed by atoms with Crippen molar-refractivity contribution < 1.29 is 41.8 Å². The van der Waals surface area contributed by atoms with Crippen molar-refractivity contribution in [3.8, 4) is 5.75 Å². The van der Waals surface area contributed by atoms with Crippen molar-refractivity contribution in [3.05, 3.63) is 53.3 Å². The summed E-state index contributed by atoms with van der Waals surface area (Å²) in [5.74, 6) is -3.66. The largest absolute Gasteiger partial charge is 0.492 e. The smallest absolute Gasteiger partial charge is 0.491 e. The predicted molar refractivity (Wildman–Crippen MR) is 133 cm³/mol. The third-order valence-electron chi connectivity index (χ3n) is 5.10. The van der Waals surface area contributed by atoms with Gasteiger partial charge in [-0.15, -0.1) is 0 Å². The lowest BCUT2D eigenvalue weighted by molar-refractivity contribution is -0.201. The van der Waals surface area contributed by atoms with Crippen LogP contribution in [0.1, 0.15) is 36.0 Å². The van der Waals surface area contributed by atoms with Gasteiger partial charge in [0.15, 0.2) is 0 Å². The summed E-state index contributed by atoms with van der Waals surface area (Å²) in [6.45, 7) is 1.70. The highest BCUT2D eigenvalue weighted by molar-refractivity contribution is 6.31. The lowest BCUT2D eigenvalue weighted by Gasteiger charge is -2.23. The maximum absolute atomic E-state index is 13.2. The van der Waals surface area contributed by atoms with Gasteiger partial charge >= 0.3 is 18.1 Å². The molecule has 1 heterocycles. The Bertz CT molecular complexity index is 1060. The van der Waals surface area contributed by atoms with Crippen LogP contribution in [0.3, 0.4) is 0 Å². The highest BCUT2D eigenvalue weighted by atomic mass is 35.5. The van der Waals surface area contributed by atoms with Crippen LogP contribution in [-0.4, -0.2) is 73.9 Å². The lowest BCUT2D eigenvalue weighted by Crippen LogP contribution is -2.35. The second-order valence-electron chi connectivity index (χ2n) is 8.04. The van der Waals surface area contributed by atoms with E-state index in [1.807, 2.05) is 12.1 Å². The fraction of sp³-hybridized carbons (Fsp3) is 0.440. The van der Waals surface area contributed by atoms with Crippen LogP contribution in [0.25, 0.3) is 0 Å². The zero-order valence-corrected chi connectivity index (χ0v) is 21.5. The molecule has 1 N–H and O–H groups in total. The number of aromatic nitrogens is 1. The Labute approximate surface area is 223 Å². The number of amides is 1. The maximum atomic E-state index is 13.2. The molecule has 0 unspecified atom stereocenters. The first-order valence-electron chi connectivity index (χ1n) is 11.8. The van der Waals surface area contributed by atoms with Crippen LogP contribution in [0, 0.1) is 0 Å². The van der Waals surface area contributed by atoms with Gasteiger partial charge in [0.25, 0.3) is 5.91 Å². The molecule has 1 aromatic heterocycles. The second-order valence-corrected chi connectivity index (χ2v) is 8.48. The molecule has 0 saturated carbocycles. The Morgan fingerprint density at radius 1 is 1.03 bits per heavy atom. The second kappa shape index (κ2) is 15.8. The fourth-order valence-electron chi connectivity index (χ4n) is 3.26. The summed E-state index contributed by atoms with van der Waals surface area (Å²) in [6, 6.07) is 8.37. The van der Waals surface area contributed by atoms with Crippen molar-refractivity contribution in [1.82, 2.24) is 9.88 Å². The van der Waals surface area contributed by atoms with Crippen molar-refractivity contribution in [3.63, 3.8) is 0 Å². The third-order valence-corrected chi connectivity index (χ3v) is 5.32. The van der Waals surface area contributed by atoms with Crippen molar-refractivity contribution in [2.75, 3.05) is 45.3 Å². The van der Waals surface area contributed by atoms with Crippen LogP contribution in [0.5, 0.6) is 5.75 Å². The highest BCUT2D eigenvalue weighted by Gasteiger charge is 2.42. The average Bonchev–Trinajstić information content (AvgIpc) is 2.87. The van der Waals surface area contributed by atoms with Gasteiger partial charge in [-0.2, -0.15) is 13.2 Å². The normalized spacial score (nSPS) is 11.1. The number of alkyl halides is 3. The highest BCUT2D eigenvalue weighted by Crippen LogP contribution is 2.23. The summed E-state index contributed by atoms with van der Waals surface area (Å²) < 4.78 is 51.1. The zero-order chi connectivity index (χ0) is 28.0. The van der Waals surface area contributed by atoms with Crippen LogP contribution in [0.4, 0.5) is 18.9 Å². The molecule has 1 aromatic carbocycles. The van der Waals surface area contributed by atoms with E-state index < -0.39 is 18.1 Å². The van der Waals surface area contributed by atoms with Crippen LogP contribution in [-0.2, 0) is 19.1 Å². The molecule has 0 atom stereocenters. The van der Waals surface area contributed by atoms with Gasteiger partial charge in [0.05, 0.1) is 6.61 Å². The summed E-state index contributed by atoms with van der Waals surface area (Å²) in [7, 11) is 1.50. The van der Waals surface area contributed by atoms with Crippen LogP contribution in [0.2, 0.25) is 5.02 Å². The van der Waals surface area contributed by atoms with Gasteiger partial charge in [0, 0.05) is 61.8 Å². The molecule has 9 nitrogen and oxygen atoms in total. The van der Waals surface area contributed by atoms with E-state index >= 15 is 0 Å². The summed E-state index contributed by atoms with van der Waals surface area (Å²) in [5.41, 5.74) is 1.21. The number of nitrogens with one attached hydrogen (secondary N) is 1. The Morgan fingerprint density at radius 2 is 1.76 bits per heavy atom. The maximum Gasteiger partial charge on any atom is 0.491 e. The monoisotopic (exact) mass is 559 g/mol. The number of hydrogen-bond donors (Lipinski definition) is 1. The SMILES string of the molecule is COCCN(CCCCCC(=O)OC(=O)C(F)(F)F)C(=O)c1cc(Cl)cc(OCCNc2ccncc2)c1. The molecular formula is C25H29ClF3N3O6. The average molecular weight is 560 g/mol. The summed E-state index contributed by atoms with van der Waals surface area (Å²) in [4.78, 5) is 40.8. The van der Waals surface area contributed by atoms with E-state index in [1.165, 1.54) is 13.2 Å². The van der Waals surface area contributed by atoms with Gasteiger partial charge in [-0.05, 0) is 43.2 Å². The minimum atomic E-state index is -5.22. The number of anilines is 1. The van der Waals surface area contributed by atoms with Gasteiger partial charge in [0.1, 0.15) is 12.4 Å². The van der Waals surface area contributed by atoms with Crippen molar-refractivity contribution in [2.24, 2.45) is 0 Å². The number of esters is 2. The number of hydrogen-bond acceptors (Lipinski definition) is 8. The first-order valence-corrected chi connectivity index (χ1v) is 12.1. The molecule has 208 valence electrons. The third kappa shape index (κ3) is 11.3. The number of benzene rings is 1. The number of ether oxygens (including phenoxy) is 3. The van der Waals surface area contributed by atoms with Crippen LogP contribution in [0.15, 0.2) is 42.7 Å². The minimum absolute atomic E-state index is 0.193. The summed E-state index contributed by atoms with van der Waals surface area (Å²) >= 11 is 6.22. The number of carbonyl (C=O) groups is 3.